The summed E-state index contributed by atoms with van der Waals surface area (Å²) in [6.45, 7) is 3.35. The van der Waals surface area contributed by atoms with Gasteiger partial charge in [-0.1, -0.05) is 50.2 Å². The number of hydrogen-bond acceptors (Lipinski definition) is 3. The molecule has 1 atom stereocenters. The lowest BCUT2D eigenvalue weighted by molar-refractivity contribution is -0.234. The first-order valence-electron chi connectivity index (χ1n) is 8.86. The smallest absolute Gasteiger partial charge is 0.376 e. The lowest BCUT2D eigenvalue weighted by atomic mass is 9.75. The maximum atomic E-state index is 13.8. The highest BCUT2D eigenvalue weighted by molar-refractivity contribution is 5.91. The van der Waals surface area contributed by atoms with Crippen LogP contribution < -0.4 is 0 Å². The molecule has 146 valence electrons. The van der Waals surface area contributed by atoms with E-state index in [-0.39, 0.29) is 0 Å². The van der Waals surface area contributed by atoms with E-state index in [9.17, 15) is 18.3 Å². The van der Waals surface area contributed by atoms with E-state index in [1.54, 1.807) is 80.7 Å². The average Bonchev–Trinajstić information content (AvgIpc) is 2.66. The molecule has 1 unspecified atom stereocenters. The number of nitrogens with zero attached hydrogens (tertiary/aromatic N) is 2. The van der Waals surface area contributed by atoms with Crippen LogP contribution in [0.3, 0.4) is 0 Å². The summed E-state index contributed by atoms with van der Waals surface area (Å²) in [6.07, 6.45) is -3.21. The first-order valence-corrected chi connectivity index (χ1v) is 8.86. The highest BCUT2D eigenvalue weighted by atomic mass is 19.4. The lowest BCUT2D eigenvalue weighted by Gasteiger charge is -2.35. The van der Waals surface area contributed by atoms with Crippen LogP contribution in [-0.2, 0) is 5.41 Å². The summed E-state index contributed by atoms with van der Waals surface area (Å²) in [5, 5.41) is 11.2. The van der Waals surface area contributed by atoms with Gasteiger partial charge in [0, 0.05) is 17.8 Å². The Morgan fingerprint density at radius 2 is 1.68 bits per heavy atom. The van der Waals surface area contributed by atoms with Gasteiger partial charge in [0.2, 0.25) is 0 Å². The van der Waals surface area contributed by atoms with Gasteiger partial charge in [-0.3, -0.25) is 9.98 Å². The number of hydrogen-bond donors (Lipinski definition) is 1. The number of aliphatic imine (C=N–C) groups is 1. The van der Waals surface area contributed by atoms with E-state index < -0.39 is 23.6 Å². The molecule has 1 heterocycles. The van der Waals surface area contributed by atoms with Gasteiger partial charge in [0.15, 0.2) is 5.60 Å². The zero-order chi connectivity index (χ0) is 20.4. The minimum absolute atomic E-state index is 0.325. The van der Waals surface area contributed by atoms with E-state index in [1.807, 2.05) is 0 Å². The second-order valence-electron chi connectivity index (χ2n) is 7.45. The van der Waals surface area contributed by atoms with Gasteiger partial charge in [0.1, 0.15) is 0 Å². The van der Waals surface area contributed by atoms with Crippen molar-refractivity contribution in [3.8, 4) is 0 Å². The molecule has 0 fully saturated rings. The molecule has 0 aliphatic heterocycles. The van der Waals surface area contributed by atoms with Crippen LogP contribution in [0.5, 0.6) is 0 Å². The summed E-state index contributed by atoms with van der Waals surface area (Å²) in [5.74, 6) is 0. The summed E-state index contributed by atoms with van der Waals surface area (Å²) in [4.78, 5) is 8.19. The zero-order valence-corrected chi connectivity index (χ0v) is 15.6. The fourth-order valence-corrected chi connectivity index (χ4v) is 3.26. The van der Waals surface area contributed by atoms with E-state index in [4.69, 9.17) is 0 Å². The van der Waals surface area contributed by atoms with Crippen molar-refractivity contribution in [3.05, 3.63) is 72.4 Å². The Morgan fingerprint density at radius 1 is 0.964 bits per heavy atom. The van der Waals surface area contributed by atoms with Gasteiger partial charge in [-0.05, 0) is 41.7 Å². The van der Waals surface area contributed by atoms with Gasteiger partial charge >= 0.3 is 6.18 Å². The van der Waals surface area contributed by atoms with Crippen molar-refractivity contribution in [2.75, 3.05) is 0 Å². The molecule has 1 aromatic heterocycles. The van der Waals surface area contributed by atoms with E-state index in [2.05, 4.69) is 9.98 Å². The molecular formula is C22H21F3N2O. The van der Waals surface area contributed by atoms with Gasteiger partial charge in [-0.15, -0.1) is 0 Å². The predicted octanol–water partition coefficient (Wildman–Crippen LogP) is 5.60. The maximum Gasteiger partial charge on any atom is 0.422 e. The van der Waals surface area contributed by atoms with Gasteiger partial charge in [0.05, 0.1) is 11.2 Å². The normalized spacial score (nSPS) is 15.1. The maximum absolute atomic E-state index is 13.8. The summed E-state index contributed by atoms with van der Waals surface area (Å²) >= 11 is 0. The van der Waals surface area contributed by atoms with Gasteiger partial charge in [-0.2, -0.15) is 13.2 Å². The molecule has 6 heteroatoms. The van der Waals surface area contributed by atoms with Crippen LogP contribution in [-0.4, -0.2) is 28.1 Å². The van der Waals surface area contributed by atoms with Crippen molar-refractivity contribution in [2.45, 2.75) is 37.5 Å². The number of pyridine rings is 1. The van der Waals surface area contributed by atoms with Crippen LogP contribution in [0.15, 0.2) is 71.9 Å². The first-order chi connectivity index (χ1) is 13.1. The molecular weight excluding hydrogens is 365 g/mol. The molecule has 2 aromatic carbocycles. The Morgan fingerprint density at radius 3 is 2.36 bits per heavy atom. The van der Waals surface area contributed by atoms with Crippen LogP contribution in [0.2, 0.25) is 0 Å². The van der Waals surface area contributed by atoms with Crippen molar-refractivity contribution in [3.63, 3.8) is 0 Å². The monoisotopic (exact) mass is 386 g/mol. The average molecular weight is 386 g/mol. The van der Waals surface area contributed by atoms with Crippen molar-refractivity contribution in [1.82, 2.24) is 4.98 Å². The molecule has 28 heavy (non-hydrogen) atoms. The minimum Gasteiger partial charge on any atom is -0.376 e. The summed E-state index contributed by atoms with van der Waals surface area (Å²) in [7, 11) is 0. The molecule has 1 N–H and O–H groups in total. The largest absolute Gasteiger partial charge is 0.422 e. The fourth-order valence-electron chi connectivity index (χ4n) is 3.26. The van der Waals surface area contributed by atoms with Crippen LogP contribution in [0, 0.1) is 0 Å². The molecule has 0 aliphatic rings. The van der Waals surface area contributed by atoms with Gasteiger partial charge < -0.3 is 5.11 Å². The quantitative estimate of drug-likeness (QED) is 0.580. The molecule has 0 amide bonds. The second-order valence-corrected chi connectivity index (χ2v) is 7.45. The SMILES string of the molecule is CC(C)(CC(O)(/C=N/c1cccc2ncccc12)C(F)(F)F)c1ccccc1. The molecule has 3 nitrogen and oxygen atoms in total. The van der Waals surface area contributed by atoms with Crippen molar-refractivity contribution in [1.29, 1.82) is 0 Å². The fraction of sp³-hybridized carbons (Fsp3) is 0.273. The zero-order valence-electron chi connectivity index (χ0n) is 15.6. The highest BCUT2D eigenvalue weighted by Crippen LogP contribution is 2.40. The molecule has 0 saturated carbocycles. The third-order valence-corrected chi connectivity index (χ3v) is 4.80. The third kappa shape index (κ3) is 4.07. The Hall–Kier alpha value is -2.73. The van der Waals surface area contributed by atoms with E-state index >= 15 is 0 Å². The molecule has 3 rings (SSSR count). The first kappa shape index (κ1) is 20.0. The number of aliphatic hydroxyl groups is 1. The van der Waals surface area contributed by atoms with Crippen LogP contribution in [0.1, 0.15) is 25.8 Å². The third-order valence-electron chi connectivity index (χ3n) is 4.80. The standard InChI is InChI=1S/C22H21F3N2O/c1-20(2,16-8-4-3-5-9-16)14-21(28,22(23,24)25)15-27-19-12-6-11-18-17(19)10-7-13-26-18/h3-13,15,28H,14H2,1-2H3/b27-15+. The predicted molar refractivity (Wildman–Crippen MR) is 105 cm³/mol. The Labute approximate surface area is 161 Å². The van der Waals surface area contributed by atoms with Crippen molar-refractivity contribution < 1.29 is 18.3 Å². The van der Waals surface area contributed by atoms with E-state index in [1.165, 1.54) is 0 Å². The highest BCUT2D eigenvalue weighted by Gasteiger charge is 2.55. The number of alkyl halides is 3. The second kappa shape index (κ2) is 7.36. The summed E-state index contributed by atoms with van der Waals surface area (Å²) < 4.78 is 41.4. The minimum atomic E-state index is -4.87. The molecule has 0 bridgehead atoms. The number of fused-ring (bicyclic) bond motifs is 1. The lowest BCUT2D eigenvalue weighted by Crippen LogP contribution is -2.50. The van der Waals surface area contributed by atoms with Crippen molar-refractivity contribution in [2.24, 2.45) is 4.99 Å². The molecule has 0 aliphatic carbocycles. The van der Waals surface area contributed by atoms with Gasteiger partial charge in [-0.25, -0.2) is 0 Å². The van der Waals surface area contributed by atoms with E-state index in [0.29, 0.717) is 28.4 Å². The molecule has 0 radical (unpaired) electrons. The van der Waals surface area contributed by atoms with Crippen molar-refractivity contribution >= 4 is 22.8 Å². The Kier molecular flexibility index (Phi) is 5.26. The Bertz CT molecular complexity index is 978. The van der Waals surface area contributed by atoms with E-state index in [0.717, 1.165) is 0 Å². The van der Waals surface area contributed by atoms with Crippen LogP contribution in [0.4, 0.5) is 18.9 Å². The number of rotatable bonds is 5. The summed E-state index contributed by atoms with van der Waals surface area (Å²) in [6, 6.07) is 17.3. The molecule has 3 aromatic rings. The molecule has 0 spiro atoms. The number of benzene rings is 2. The van der Waals surface area contributed by atoms with Crippen LogP contribution >= 0.6 is 0 Å². The molecule has 0 saturated heterocycles. The van der Waals surface area contributed by atoms with Gasteiger partial charge in [0.25, 0.3) is 0 Å². The van der Waals surface area contributed by atoms with Crippen LogP contribution in [0.25, 0.3) is 10.9 Å². The summed E-state index contributed by atoms with van der Waals surface area (Å²) in [5.41, 5.74) is -2.34. The topological polar surface area (TPSA) is 45.5 Å². The number of aromatic nitrogens is 1. The Balaban J connectivity index is 1.99. The number of halogens is 3.